The lowest BCUT2D eigenvalue weighted by Gasteiger charge is -2.38. The van der Waals surface area contributed by atoms with Crippen LogP contribution in [-0.4, -0.2) is 43.2 Å². The van der Waals surface area contributed by atoms with Gasteiger partial charge in [-0.3, -0.25) is 0 Å². The molecule has 0 aromatic carbocycles. The molecule has 1 fully saturated rings. The van der Waals surface area contributed by atoms with Gasteiger partial charge in [0.05, 0.1) is 0 Å². The Hall–Kier alpha value is -0.200. The van der Waals surface area contributed by atoms with Crippen LogP contribution in [0.4, 0.5) is 0 Å². The van der Waals surface area contributed by atoms with Crippen molar-refractivity contribution >= 4 is 0 Å². The van der Waals surface area contributed by atoms with Crippen LogP contribution in [-0.2, 0) is 0 Å². The zero-order valence-corrected chi connectivity index (χ0v) is 25.0. The third-order valence-corrected chi connectivity index (χ3v) is 8.81. The molecular weight excluding hydrogens is 476 g/mol. The molecule has 38 heavy (non-hydrogen) atoms. The van der Waals surface area contributed by atoms with Gasteiger partial charge < -0.3 is 25.5 Å². The molecule has 1 aliphatic carbocycles. The Kier molecular flexibility index (Phi) is 22.2. The minimum Gasteiger partial charge on any atom is -0.387 e. The summed E-state index contributed by atoms with van der Waals surface area (Å²) >= 11 is 0. The summed E-state index contributed by atoms with van der Waals surface area (Å²) in [6.45, 7) is 0. The molecule has 1 saturated carbocycles. The summed E-state index contributed by atoms with van der Waals surface area (Å²) in [5, 5.41) is 51.5. The van der Waals surface area contributed by atoms with Crippen LogP contribution in [0.5, 0.6) is 0 Å². The molecule has 5 nitrogen and oxygen atoms in total. The minimum absolute atomic E-state index is 0.142. The third kappa shape index (κ3) is 18.2. The highest BCUT2D eigenvalue weighted by Gasteiger charge is 2.51. The first-order chi connectivity index (χ1) is 18.4. The van der Waals surface area contributed by atoms with E-state index in [0.717, 1.165) is 32.1 Å². The number of hydrogen-bond donors (Lipinski definition) is 5. The van der Waals surface area contributed by atoms with E-state index in [-0.39, 0.29) is 12.8 Å². The highest BCUT2D eigenvalue weighted by atomic mass is 16.6. The van der Waals surface area contributed by atoms with E-state index in [1.807, 2.05) is 0 Å². The molecule has 0 bridgehead atoms. The van der Waals surface area contributed by atoms with Gasteiger partial charge in [0.25, 0.3) is 0 Å². The average Bonchev–Trinajstić information content (AvgIpc) is 2.89. The number of hydrogen-bond acceptors (Lipinski definition) is 5. The Morgan fingerprint density at radius 1 is 0.316 bits per heavy atom. The standard InChI is InChI=1S/C33H66O5/c34-31-29-27-25-23-21-19-17-15-13-11-9-7-5-3-1-2-4-6-8-10-12-14-16-18-20-22-24-26-28-30-32(35,36)33(31,37)38/h31,34-38H,1-30H2. The lowest BCUT2D eigenvalue weighted by Crippen LogP contribution is -2.61. The monoisotopic (exact) mass is 542 g/mol. The largest absolute Gasteiger partial charge is 0.387 e. The van der Waals surface area contributed by atoms with Crippen LogP contribution < -0.4 is 0 Å². The van der Waals surface area contributed by atoms with Gasteiger partial charge in [-0.25, -0.2) is 0 Å². The second-order valence-corrected chi connectivity index (χ2v) is 12.5. The molecule has 228 valence electrons. The van der Waals surface area contributed by atoms with Crippen molar-refractivity contribution < 1.29 is 25.5 Å². The highest BCUT2D eigenvalue weighted by Crippen LogP contribution is 2.29. The maximum atomic E-state index is 10.3. The molecule has 0 heterocycles. The smallest absolute Gasteiger partial charge is 0.245 e. The Morgan fingerprint density at radius 3 is 0.789 bits per heavy atom. The van der Waals surface area contributed by atoms with Gasteiger partial charge in [-0.2, -0.15) is 0 Å². The molecule has 0 aliphatic heterocycles. The van der Waals surface area contributed by atoms with Crippen molar-refractivity contribution in [1.82, 2.24) is 0 Å². The first kappa shape index (κ1) is 35.8. The summed E-state index contributed by atoms with van der Waals surface area (Å²) in [6.07, 6.45) is 33.0. The van der Waals surface area contributed by atoms with Crippen molar-refractivity contribution in [3.8, 4) is 0 Å². The van der Waals surface area contributed by atoms with Crippen molar-refractivity contribution in [2.75, 3.05) is 0 Å². The van der Waals surface area contributed by atoms with Crippen LogP contribution in [0, 0.1) is 0 Å². The highest BCUT2D eigenvalue weighted by molar-refractivity contribution is 4.88. The Bertz CT molecular complexity index is 508. The summed E-state index contributed by atoms with van der Waals surface area (Å²) < 4.78 is 0. The van der Waals surface area contributed by atoms with Crippen molar-refractivity contribution in [2.45, 2.75) is 210 Å². The van der Waals surface area contributed by atoms with Gasteiger partial charge in [-0.15, -0.1) is 0 Å². The number of rotatable bonds is 0. The summed E-state index contributed by atoms with van der Waals surface area (Å²) in [5.74, 6) is -5.59. The van der Waals surface area contributed by atoms with Gasteiger partial charge in [0, 0.05) is 6.42 Å². The van der Waals surface area contributed by atoms with Crippen LogP contribution in [0.15, 0.2) is 0 Å². The molecule has 0 amide bonds. The molecule has 5 N–H and O–H groups in total. The van der Waals surface area contributed by atoms with Crippen molar-refractivity contribution in [2.24, 2.45) is 0 Å². The quantitative estimate of drug-likeness (QED) is 0.198. The summed E-state index contributed by atoms with van der Waals surface area (Å²) in [4.78, 5) is 0. The molecule has 1 unspecified atom stereocenters. The van der Waals surface area contributed by atoms with Crippen molar-refractivity contribution in [1.29, 1.82) is 0 Å². The summed E-state index contributed by atoms with van der Waals surface area (Å²) in [5.41, 5.74) is 0. The SMILES string of the molecule is OC1CCCCCCCCCCCCCCCCCCCCCCCCCCCCCCC(O)(O)C1(O)O. The first-order valence-electron chi connectivity index (χ1n) is 17.0. The van der Waals surface area contributed by atoms with Gasteiger partial charge in [0.15, 0.2) is 0 Å². The van der Waals surface area contributed by atoms with Crippen LogP contribution in [0.25, 0.3) is 0 Å². The molecule has 1 rings (SSSR count). The fraction of sp³-hybridized carbons (Fsp3) is 1.00. The maximum Gasteiger partial charge on any atom is 0.245 e. The molecule has 0 aromatic heterocycles. The van der Waals surface area contributed by atoms with E-state index in [0.29, 0.717) is 12.8 Å². The lowest BCUT2D eigenvalue weighted by molar-refractivity contribution is -0.386. The van der Waals surface area contributed by atoms with E-state index >= 15 is 0 Å². The second kappa shape index (κ2) is 23.5. The van der Waals surface area contributed by atoms with Crippen molar-refractivity contribution in [3.63, 3.8) is 0 Å². The molecule has 0 aromatic rings. The number of aliphatic hydroxyl groups excluding tert-OH is 1. The van der Waals surface area contributed by atoms with E-state index in [1.54, 1.807) is 0 Å². The van der Waals surface area contributed by atoms with Crippen LogP contribution in [0.3, 0.4) is 0 Å². The van der Waals surface area contributed by atoms with E-state index in [4.69, 9.17) is 0 Å². The summed E-state index contributed by atoms with van der Waals surface area (Å²) in [6, 6.07) is 0. The molecule has 0 saturated heterocycles. The minimum atomic E-state index is -2.90. The van der Waals surface area contributed by atoms with E-state index in [1.165, 1.54) is 135 Å². The Balaban J connectivity index is 2.30. The van der Waals surface area contributed by atoms with Crippen LogP contribution >= 0.6 is 0 Å². The molecule has 0 spiro atoms. The van der Waals surface area contributed by atoms with E-state index < -0.39 is 17.7 Å². The fourth-order valence-electron chi connectivity index (χ4n) is 5.96. The van der Waals surface area contributed by atoms with Gasteiger partial charge in [0.2, 0.25) is 11.6 Å². The number of aliphatic hydroxyl groups is 5. The zero-order chi connectivity index (χ0) is 27.8. The van der Waals surface area contributed by atoms with Gasteiger partial charge >= 0.3 is 0 Å². The average molecular weight is 543 g/mol. The zero-order valence-electron chi connectivity index (χ0n) is 25.0. The second-order valence-electron chi connectivity index (χ2n) is 12.5. The maximum absolute atomic E-state index is 10.3. The Labute approximate surface area is 235 Å². The van der Waals surface area contributed by atoms with Crippen molar-refractivity contribution in [3.05, 3.63) is 0 Å². The molecule has 5 heteroatoms. The molecular formula is C33H66O5. The Morgan fingerprint density at radius 2 is 0.526 bits per heavy atom. The van der Waals surface area contributed by atoms with E-state index in [2.05, 4.69) is 0 Å². The van der Waals surface area contributed by atoms with Gasteiger partial charge in [0.1, 0.15) is 6.10 Å². The molecule has 0 radical (unpaired) electrons. The van der Waals surface area contributed by atoms with Crippen LogP contribution in [0.1, 0.15) is 193 Å². The summed E-state index contributed by atoms with van der Waals surface area (Å²) in [7, 11) is 0. The molecule has 1 aliphatic rings. The first-order valence-corrected chi connectivity index (χ1v) is 17.0. The predicted octanol–water partition coefficient (Wildman–Crippen LogP) is 8.43. The van der Waals surface area contributed by atoms with Gasteiger partial charge in [-0.1, -0.05) is 173 Å². The topological polar surface area (TPSA) is 101 Å². The molecule has 1 atom stereocenters. The third-order valence-electron chi connectivity index (χ3n) is 8.81. The lowest BCUT2D eigenvalue weighted by atomic mass is 9.91. The van der Waals surface area contributed by atoms with Gasteiger partial charge in [-0.05, 0) is 12.8 Å². The predicted molar refractivity (Wildman–Crippen MR) is 159 cm³/mol. The normalized spacial score (nSPS) is 27.2. The van der Waals surface area contributed by atoms with E-state index in [9.17, 15) is 25.5 Å². The fourth-order valence-corrected chi connectivity index (χ4v) is 5.96. The van der Waals surface area contributed by atoms with Crippen LogP contribution in [0.2, 0.25) is 0 Å².